The van der Waals surface area contributed by atoms with Gasteiger partial charge in [-0.1, -0.05) is 37.3 Å². The van der Waals surface area contributed by atoms with Crippen molar-refractivity contribution in [3.05, 3.63) is 59.7 Å². The van der Waals surface area contributed by atoms with Crippen molar-refractivity contribution in [2.75, 3.05) is 26.7 Å². The summed E-state index contributed by atoms with van der Waals surface area (Å²) in [7, 11) is 1.59. The lowest BCUT2D eigenvalue weighted by molar-refractivity contribution is 0.0910. The maximum Gasteiger partial charge on any atom is 0.251 e. The van der Waals surface area contributed by atoms with E-state index in [1.54, 1.807) is 25.3 Å². The number of hydrogen-bond acceptors (Lipinski definition) is 4. The van der Waals surface area contributed by atoms with Gasteiger partial charge in [-0.25, -0.2) is 0 Å². The fraction of sp³-hybridized carbons (Fsp3) is 0.435. The summed E-state index contributed by atoms with van der Waals surface area (Å²) < 4.78 is 11.3. The zero-order chi connectivity index (χ0) is 19.8. The SMILES string of the molecule is CCCN1CCC(NC(=O)c2ccc(OCc3ccccc3)c(OC)c2)CC1. The molecule has 0 aliphatic carbocycles. The lowest BCUT2D eigenvalue weighted by atomic mass is 10.0. The molecule has 1 saturated heterocycles. The van der Waals surface area contributed by atoms with Crippen LogP contribution in [0.1, 0.15) is 42.1 Å². The average molecular weight is 383 g/mol. The van der Waals surface area contributed by atoms with Crippen LogP contribution < -0.4 is 14.8 Å². The van der Waals surface area contributed by atoms with Gasteiger partial charge in [-0.15, -0.1) is 0 Å². The van der Waals surface area contributed by atoms with Gasteiger partial charge in [0, 0.05) is 24.7 Å². The van der Waals surface area contributed by atoms with E-state index in [0.29, 0.717) is 23.7 Å². The van der Waals surface area contributed by atoms with E-state index in [4.69, 9.17) is 9.47 Å². The van der Waals surface area contributed by atoms with Crippen LogP contribution in [-0.4, -0.2) is 43.6 Å². The van der Waals surface area contributed by atoms with Gasteiger partial charge < -0.3 is 19.7 Å². The lowest BCUT2D eigenvalue weighted by Crippen LogP contribution is -2.44. The highest BCUT2D eigenvalue weighted by molar-refractivity contribution is 5.95. The third-order valence-corrected chi connectivity index (χ3v) is 5.13. The minimum atomic E-state index is -0.0538. The number of nitrogens with one attached hydrogen (secondary N) is 1. The Hall–Kier alpha value is -2.53. The minimum Gasteiger partial charge on any atom is -0.493 e. The molecule has 1 aliphatic heterocycles. The van der Waals surface area contributed by atoms with Crippen LogP contribution in [0.15, 0.2) is 48.5 Å². The van der Waals surface area contributed by atoms with E-state index in [2.05, 4.69) is 17.1 Å². The van der Waals surface area contributed by atoms with Crippen molar-refractivity contribution in [2.24, 2.45) is 0 Å². The molecule has 0 saturated carbocycles. The van der Waals surface area contributed by atoms with Gasteiger partial charge in [-0.05, 0) is 49.6 Å². The number of carbonyl (C=O) groups is 1. The molecule has 28 heavy (non-hydrogen) atoms. The van der Waals surface area contributed by atoms with Crippen LogP contribution in [0.5, 0.6) is 11.5 Å². The van der Waals surface area contributed by atoms with Gasteiger partial charge in [0.1, 0.15) is 6.61 Å². The van der Waals surface area contributed by atoms with Gasteiger partial charge in [0.05, 0.1) is 7.11 Å². The number of methoxy groups -OCH3 is 1. The number of likely N-dealkylation sites (tertiary alicyclic amines) is 1. The molecule has 0 unspecified atom stereocenters. The number of carbonyl (C=O) groups excluding carboxylic acids is 1. The number of hydrogen-bond donors (Lipinski definition) is 1. The van der Waals surface area contributed by atoms with Crippen molar-refractivity contribution >= 4 is 5.91 Å². The lowest BCUT2D eigenvalue weighted by Gasteiger charge is -2.32. The molecular formula is C23H30N2O3. The molecule has 1 fully saturated rings. The second-order valence-corrected chi connectivity index (χ2v) is 7.23. The van der Waals surface area contributed by atoms with Gasteiger partial charge in [0.25, 0.3) is 5.91 Å². The molecule has 0 spiro atoms. The predicted octanol–water partition coefficient (Wildman–Crippen LogP) is 3.88. The van der Waals surface area contributed by atoms with E-state index in [-0.39, 0.29) is 11.9 Å². The molecule has 0 radical (unpaired) electrons. The second-order valence-electron chi connectivity index (χ2n) is 7.23. The normalized spacial score (nSPS) is 15.2. The summed E-state index contributed by atoms with van der Waals surface area (Å²) >= 11 is 0. The first kappa shape index (κ1) is 20.2. The molecule has 2 aromatic carbocycles. The smallest absolute Gasteiger partial charge is 0.251 e. The Bertz CT molecular complexity index is 756. The number of nitrogens with zero attached hydrogens (tertiary/aromatic N) is 1. The average Bonchev–Trinajstić information content (AvgIpc) is 2.74. The minimum absolute atomic E-state index is 0.0538. The first-order valence-electron chi connectivity index (χ1n) is 10.1. The molecule has 0 aromatic heterocycles. The summed E-state index contributed by atoms with van der Waals surface area (Å²) in [5, 5.41) is 3.16. The molecule has 1 amide bonds. The number of amides is 1. The highest BCUT2D eigenvalue weighted by Crippen LogP contribution is 2.29. The van der Waals surface area contributed by atoms with E-state index in [1.165, 1.54) is 6.42 Å². The van der Waals surface area contributed by atoms with Crippen LogP contribution in [0.25, 0.3) is 0 Å². The maximum absolute atomic E-state index is 12.7. The summed E-state index contributed by atoms with van der Waals surface area (Å²) in [5.74, 6) is 1.15. The Labute approximate surface area is 167 Å². The largest absolute Gasteiger partial charge is 0.493 e. The number of rotatable bonds is 8. The van der Waals surface area contributed by atoms with Crippen LogP contribution in [0.4, 0.5) is 0 Å². The zero-order valence-electron chi connectivity index (χ0n) is 16.8. The summed E-state index contributed by atoms with van der Waals surface area (Å²) in [6, 6.07) is 15.6. The summed E-state index contributed by atoms with van der Waals surface area (Å²) in [6.07, 6.45) is 3.18. The number of piperidine rings is 1. The Kier molecular flexibility index (Phi) is 7.31. The number of benzene rings is 2. The highest BCUT2D eigenvalue weighted by atomic mass is 16.5. The van der Waals surface area contributed by atoms with Gasteiger partial charge in [-0.2, -0.15) is 0 Å². The quantitative estimate of drug-likeness (QED) is 0.753. The van der Waals surface area contributed by atoms with Crippen molar-refractivity contribution in [1.29, 1.82) is 0 Å². The van der Waals surface area contributed by atoms with Crippen molar-refractivity contribution in [3.63, 3.8) is 0 Å². The molecule has 1 heterocycles. The van der Waals surface area contributed by atoms with E-state index in [9.17, 15) is 4.79 Å². The van der Waals surface area contributed by atoms with E-state index < -0.39 is 0 Å². The molecule has 5 heteroatoms. The van der Waals surface area contributed by atoms with Crippen LogP contribution in [0.2, 0.25) is 0 Å². The standard InChI is InChI=1S/C23H30N2O3/c1-3-13-25-14-11-20(12-15-25)24-23(26)19-9-10-21(22(16-19)27-2)28-17-18-7-5-4-6-8-18/h4-10,16,20H,3,11-15,17H2,1-2H3,(H,24,26). The molecule has 0 atom stereocenters. The summed E-state index contributed by atoms with van der Waals surface area (Å²) in [6.45, 7) is 5.90. The monoisotopic (exact) mass is 382 g/mol. The van der Waals surface area contributed by atoms with Crippen LogP contribution in [-0.2, 0) is 6.61 Å². The highest BCUT2D eigenvalue weighted by Gasteiger charge is 2.21. The van der Waals surface area contributed by atoms with Gasteiger partial charge >= 0.3 is 0 Å². The summed E-state index contributed by atoms with van der Waals surface area (Å²) in [4.78, 5) is 15.1. The van der Waals surface area contributed by atoms with Crippen molar-refractivity contribution in [1.82, 2.24) is 10.2 Å². The Morgan fingerprint density at radius 2 is 1.86 bits per heavy atom. The Morgan fingerprint density at radius 3 is 2.54 bits per heavy atom. The molecule has 0 bridgehead atoms. The van der Waals surface area contributed by atoms with Crippen LogP contribution in [0, 0.1) is 0 Å². The van der Waals surface area contributed by atoms with Gasteiger partial charge in [0.15, 0.2) is 11.5 Å². The fourth-order valence-electron chi connectivity index (χ4n) is 3.55. The van der Waals surface area contributed by atoms with Crippen molar-refractivity contribution < 1.29 is 14.3 Å². The van der Waals surface area contributed by atoms with Crippen LogP contribution >= 0.6 is 0 Å². The third kappa shape index (κ3) is 5.49. The molecular weight excluding hydrogens is 352 g/mol. The molecule has 3 rings (SSSR count). The third-order valence-electron chi connectivity index (χ3n) is 5.13. The number of ether oxygens (including phenoxy) is 2. The van der Waals surface area contributed by atoms with E-state index in [0.717, 1.165) is 38.0 Å². The van der Waals surface area contributed by atoms with E-state index in [1.807, 2.05) is 30.3 Å². The van der Waals surface area contributed by atoms with Gasteiger partial charge in [0.2, 0.25) is 0 Å². The molecule has 1 aliphatic rings. The molecule has 150 valence electrons. The second kappa shape index (κ2) is 10.1. The zero-order valence-corrected chi connectivity index (χ0v) is 16.8. The van der Waals surface area contributed by atoms with Crippen molar-refractivity contribution in [3.8, 4) is 11.5 Å². The molecule has 2 aromatic rings. The first-order chi connectivity index (χ1) is 13.7. The Morgan fingerprint density at radius 1 is 1.11 bits per heavy atom. The Balaban J connectivity index is 1.57. The topological polar surface area (TPSA) is 50.8 Å². The fourth-order valence-corrected chi connectivity index (χ4v) is 3.55. The van der Waals surface area contributed by atoms with E-state index >= 15 is 0 Å². The summed E-state index contributed by atoms with van der Waals surface area (Å²) in [5.41, 5.74) is 1.68. The molecule has 5 nitrogen and oxygen atoms in total. The van der Waals surface area contributed by atoms with Crippen molar-refractivity contribution in [2.45, 2.75) is 38.8 Å². The maximum atomic E-state index is 12.7. The van der Waals surface area contributed by atoms with Crippen LogP contribution in [0.3, 0.4) is 0 Å². The van der Waals surface area contributed by atoms with Gasteiger partial charge in [-0.3, -0.25) is 4.79 Å². The molecule has 1 N–H and O–H groups in total. The predicted molar refractivity (Wildman–Crippen MR) is 111 cm³/mol. The first-order valence-corrected chi connectivity index (χ1v) is 10.1.